The molecule has 1 aromatic heterocycles. The number of carbonyl (C=O) groups excluding carboxylic acids is 1. The Kier molecular flexibility index (Phi) is 5.76. The van der Waals surface area contributed by atoms with Crippen LogP contribution in [0.2, 0.25) is 0 Å². The van der Waals surface area contributed by atoms with E-state index in [4.69, 9.17) is 0 Å². The van der Waals surface area contributed by atoms with Gasteiger partial charge < -0.3 is 4.90 Å². The Morgan fingerprint density at radius 1 is 1.00 bits per heavy atom. The molecule has 148 valence electrons. The standard InChI is InChI=1S/C22H24N6O/c1-18-23-24-25-28(18)21-11-9-20(10-12-21)22(29)27-16-14-26(15-17-27)13-5-8-19-6-3-2-4-7-19/h2-12H,13-17H2,1H3. The average molecular weight is 388 g/mol. The number of rotatable bonds is 5. The minimum absolute atomic E-state index is 0.0736. The van der Waals surface area contributed by atoms with Crippen molar-refractivity contribution in [1.82, 2.24) is 30.0 Å². The van der Waals surface area contributed by atoms with Gasteiger partial charge >= 0.3 is 0 Å². The Morgan fingerprint density at radius 2 is 1.72 bits per heavy atom. The molecule has 1 amide bonds. The summed E-state index contributed by atoms with van der Waals surface area (Å²) in [5.74, 6) is 0.783. The number of nitrogens with zero attached hydrogens (tertiary/aromatic N) is 6. The quantitative estimate of drug-likeness (QED) is 0.672. The number of hydrogen-bond donors (Lipinski definition) is 0. The van der Waals surface area contributed by atoms with E-state index in [0.717, 1.165) is 38.4 Å². The first-order valence-corrected chi connectivity index (χ1v) is 9.79. The molecule has 1 aliphatic heterocycles. The molecule has 0 atom stereocenters. The van der Waals surface area contributed by atoms with E-state index < -0.39 is 0 Å². The summed E-state index contributed by atoms with van der Waals surface area (Å²) in [7, 11) is 0. The van der Waals surface area contributed by atoms with Gasteiger partial charge in [-0.2, -0.15) is 4.68 Å². The van der Waals surface area contributed by atoms with E-state index in [0.29, 0.717) is 11.4 Å². The van der Waals surface area contributed by atoms with Gasteiger partial charge in [-0.3, -0.25) is 9.69 Å². The van der Waals surface area contributed by atoms with Crippen molar-refractivity contribution < 1.29 is 4.79 Å². The van der Waals surface area contributed by atoms with E-state index >= 15 is 0 Å². The molecule has 1 aliphatic rings. The second kappa shape index (κ2) is 8.79. The maximum Gasteiger partial charge on any atom is 0.253 e. The third kappa shape index (κ3) is 4.57. The Balaban J connectivity index is 1.30. The number of hydrogen-bond acceptors (Lipinski definition) is 5. The van der Waals surface area contributed by atoms with Crippen molar-refractivity contribution in [2.75, 3.05) is 32.7 Å². The monoisotopic (exact) mass is 388 g/mol. The number of tetrazole rings is 1. The van der Waals surface area contributed by atoms with E-state index in [2.05, 4.69) is 44.7 Å². The predicted octanol–water partition coefficient (Wildman–Crippen LogP) is 2.44. The van der Waals surface area contributed by atoms with Crippen LogP contribution in [0.4, 0.5) is 0 Å². The molecule has 3 aromatic rings. The van der Waals surface area contributed by atoms with Crippen molar-refractivity contribution in [3.8, 4) is 5.69 Å². The summed E-state index contributed by atoms with van der Waals surface area (Å²) < 4.78 is 1.65. The summed E-state index contributed by atoms with van der Waals surface area (Å²) in [6.45, 7) is 5.99. The fraction of sp³-hybridized carbons (Fsp3) is 0.273. The molecule has 2 heterocycles. The molecule has 4 rings (SSSR count). The van der Waals surface area contributed by atoms with Crippen molar-refractivity contribution in [3.05, 3.63) is 77.6 Å². The van der Waals surface area contributed by atoms with Gasteiger partial charge in [-0.15, -0.1) is 5.10 Å². The summed E-state index contributed by atoms with van der Waals surface area (Å²) >= 11 is 0. The van der Waals surface area contributed by atoms with Crippen LogP contribution in [-0.2, 0) is 0 Å². The average Bonchev–Trinajstić information content (AvgIpc) is 3.20. The van der Waals surface area contributed by atoms with Gasteiger partial charge in [-0.05, 0) is 47.2 Å². The molecular weight excluding hydrogens is 364 g/mol. The number of aromatic nitrogens is 4. The molecule has 7 heteroatoms. The number of carbonyl (C=O) groups is 1. The van der Waals surface area contributed by atoms with Gasteiger partial charge in [0.1, 0.15) is 0 Å². The largest absolute Gasteiger partial charge is 0.336 e. The minimum atomic E-state index is 0.0736. The molecule has 0 spiro atoms. The zero-order valence-electron chi connectivity index (χ0n) is 16.5. The van der Waals surface area contributed by atoms with Crippen molar-refractivity contribution in [1.29, 1.82) is 0 Å². The maximum absolute atomic E-state index is 12.8. The lowest BCUT2D eigenvalue weighted by Crippen LogP contribution is -2.48. The molecule has 0 N–H and O–H groups in total. The molecule has 0 bridgehead atoms. The Bertz CT molecular complexity index is 972. The molecule has 29 heavy (non-hydrogen) atoms. The van der Waals surface area contributed by atoms with Crippen LogP contribution < -0.4 is 0 Å². The highest BCUT2D eigenvalue weighted by atomic mass is 16.2. The van der Waals surface area contributed by atoms with Crippen LogP contribution in [-0.4, -0.2) is 68.6 Å². The van der Waals surface area contributed by atoms with Crippen LogP contribution in [0.3, 0.4) is 0 Å². The van der Waals surface area contributed by atoms with Gasteiger partial charge in [-0.1, -0.05) is 42.5 Å². The molecule has 0 saturated carbocycles. The maximum atomic E-state index is 12.8. The van der Waals surface area contributed by atoms with Crippen LogP contribution in [0, 0.1) is 6.92 Å². The molecule has 0 aliphatic carbocycles. The summed E-state index contributed by atoms with van der Waals surface area (Å²) in [5, 5.41) is 11.5. The summed E-state index contributed by atoms with van der Waals surface area (Å²) in [6.07, 6.45) is 4.33. The summed E-state index contributed by atoms with van der Waals surface area (Å²) in [5.41, 5.74) is 2.75. The topological polar surface area (TPSA) is 67.2 Å². The zero-order valence-corrected chi connectivity index (χ0v) is 16.5. The molecular formula is C22H24N6O. The van der Waals surface area contributed by atoms with E-state index in [1.54, 1.807) is 4.68 Å². The van der Waals surface area contributed by atoms with Gasteiger partial charge in [0.15, 0.2) is 5.82 Å². The highest BCUT2D eigenvalue weighted by Crippen LogP contribution is 2.13. The van der Waals surface area contributed by atoms with Crippen LogP contribution in [0.15, 0.2) is 60.7 Å². The van der Waals surface area contributed by atoms with Crippen LogP contribution in [0.25, 0.3) is 11.8 Å². The normalized spacial score (nSPS) is 15.1. The van der Waals surface area contributed by atoms with E-state index in [-0.39, 0.29) is 5.91 Å². The van der Waals surface area contributed by atoms with Crippen molar-refractivity contribution in [3.63, 3.8) is 0 Å². The van der Waals surface area contributed by atoms with Gasteiger partial charge in [-0.25, -0.2) is 0 Å². The molecule has 2 aromatic carbocycles. The lowest BCUT2D eigenvalue weighted by Gasteiger charge is -2.34. The molecule has 0 radical (unpaired) electrons. The van der Waals surface area contributed by atoms with Crippen molar-refractivity contribution in [2.24, 2.45) is 0 Å². The SMILES string of the molecule is Cc1nnnn1-c1ccc(C(=O)N2CCN(CC=Cc3ccccc3)CC2)cc1. The Morgan fingerprint density at radius 3 is 2.38 bits per heavy atom. The molecule has 1 saturated heterocycles. The Hall–Kier alpha value is -3.32. The summed E-state index contributed by atoms with van der Waals surface area (Å²) in [4.78, 5) is 17.1. The van der Waals surface area contributed by atoms with Crippen LogP contribution >= 0.6 is 0 Å². The highest BCUT2D eigenvalue weighted by molar-refractivity contribution is 5.94. The van der Waals surface area contributed by atoms with Crippen LogP contribution in [0.5, 0.6) is 0 Å². The lowest BCUT2D eigenvalue weighted by atomic mass is 10.1. The number of piperazine rings is 1. The fourth-order valence-electron chi connectivity index (χ4n) is 3.43. The highest BCUT2D eigenvalue weighted by Gasteiger charge is 2.21. The Labute approximate surface area is 170 Å². The van der Waals surface area contributed by atoms with Crippen LogP contribution in [0.1, 0.15) is 21.7 Å². The first kappa shape index (κ1) is 19.0. The smallest absolute Gasteiger partial charge is 0.253 e. The summed E-state index contributed by atoms with van der Waals surface area (Å²) in [6, 6.07) is 17.7. The van der Waals surface area contributed by atoms with Gasteiger partial charge in [0.25, 0.3) is 5.91 Å². The molecule has 1 fully saturated rings. The number of aryl methyl sites for hydroxylation is 1. The molecule has 0 unspecified atom stereocenters. The second-order valence-electron chi connectivity index (χ2n) is 7.09. The third-order valence-corrected chi connectivity index (χ3v) is 5.12. The first-order chi connectivity index (χ1) is 14.2. The lowest BCUT2D eigenvalue weighted by molar-refractivity contribution is 0.0650. The van der Waals surface area contributed by atoms with Crippen molar-refractivity contribution >= 4 is 12.0 Å². The van der Waals surface area contributed by atoms with E-state index in [1.807, 2.05) is 54.3 Å². The minimum Gasteiger partial charge on any atom is -0.336 e. The van der Waals surface area contributed by atoms with Crippen molar-refractivity contribution in [2.45, 2.75) is 6.92 Å². The second-order valence-corrected chi connectivity index (χ2v) is 7.09. The predicted molar refractivity (Wildman–Crippen MR) is 112 cm³/mol. The first-order valence-electron chi connectivity index (χ1n) is 9.79. The van der Waals surface area contributed by atoms with Gasteiger partial charge in [0, 0.05) is 38.3 Å². The fourth-order valence-corrected chi connectivity index (χ4v) is 3.43. The van der Waals surface area contributed by atoms with E-state index in [9.17, 15) is 4.79 Å². The van der Waals surface area contributed by atoms with Gasteiger partial charge in [0.2, 0.25) is 0 Å². The molecule has 7 nitrogen and oxygen atoms in total. The van der Waals surface area contributed by atoms with E-state index in [1.165, 1.54) is 5.56 Å². The third-order valence-electron chi connectivity index (χ3n) is 5.12. The number of amides is 1. The van der Waals surface area contributed by atoms with Gasteiger partial charge in [0.05, 0.1) is 5.69 Å². The zero-order chi connectivity index (χ0) is 20.1. The number of benzene rings is 2.